The van der Waals surface area contributed by atoms with Crippen LogP contribution in [0.2, 0.25) is 0 Å². The lowest BCUT2D eigenvalue weighted by molar-refractivity contribution is -0.116. The molecule has 0 atom stereocenters. The van der Waals surface area contributed by atoms with Crippen LogP contribution in [0.25, 0.3) is 0 Å². The first-order valence-electron chi connectivity index (χ1n) is 14.8. The van der Waals surface area contributed by atoms with E-state index in [0.29, 0.717) is 28.5 Å². The first-order chi connectivity index (χ1) is 22.3. The number of anilines is 7. The molecule has 234 valence electrons. The van der Waals surface area contributed by atoms with Crippen LogP contribution in [0.15, 0.2) is 91.6 Å². The number of nitrogens with zero attached hydrogens (tertiary/aromatic N) is 6. The van der Waals surface area contributed by atoms with Gasteiger partial charge >= 0.3 is 0 Å². The minimum absolute atomic E-state index is 0.103. The maximum atomic E-state index is 14.0. The van der Waals surface area contributed by atoms with Crippen LogP contribution in [-0.4, -0.2) is 79.5 Å². The van der Waals surface area contributed by atoms with Gasteiger partial charge in [-0.05, 0) is 55.6 Å². The summed E-state index contributed by atoms with van der Waals surface area (Å²) in [5, 5.41) is 5.93. The minimum Gasteiger partial charge on any atom is -0.494 e. The lowest BCUT2D eigenvalue weighted by Crippen LogP contribution is -2.44. The van der Waals surface area contributed by atoms with Crippen molar-refractivity contribution in [2.24, 2.45) is 0 Å². The molecular weight excluding hydrogens is 584 g/mol. The SMILES string of the molecule is C=CC(=O)Nc1cccc(N2C(=O)CN(c3ccccc3)C(=O)c3cnc(Nc4ccc(N5CCN(C)CC5)cc4OC)nc32)c1. The predicted molar refractivity (Wildman–Crippen MR) is 179 cm³/mol. The number of likely N-dealkylation sites (N-methyl/N-ethyl adjacent to an activating group) is 1. The molecule has 4 aromatic rings. The van der Waals surface area contributed by atoms with E-state index in [-0.39, 0.29) is 23.9 Å². The number of aromatic nitrogens is 2. The Bertz CT molecular complexity index is 1790. The zero-order chi connectivity index (χ0) is 32.2. The molecule has 2 aliphatic rings. The summed E-state index contributed by atoms with van der Waals surface area (Å²) in [6, 6.07) is 21.6. The zero-order valence-corrected chi connectivity index (χ0v) is 25.6. The van der Waals surface area contributed by atoms with E-state index in [2.05, 4.69) is 39.0 Å². The van der Waals surface area contributed by atoms with Crippen molar-refractivity contribution in [3.8, 4) is 5.75 Å². The Labute approximate surface area is 266 Å². The van der Waals surface area contributed by atoms with Gasteiger partial charge in [-0.3, -0.25) is 24.2 Å². The number of methoxy groups -OCH3 is 1. The number of amides is 3. The number of para-hydroxylation sites is 1. The Morgan fingerprint density at radius 1 is 0.935 bits per heavy atom. The van der Waals surface area contributed by atoms with Crippen molar-refractivity contribution >= 4 is 57.9 Å². The van der Waals surface area contributed by atoms with Crippen molar-refractivity contribution in [1.29, 1.82) is 0 Å². The smallest absolute Gasteiger partial charge is 0.264 e. The molecule has 46 heavy (non-hydrogen) atoms. The molecule has 1 aromatic heterocycles. The van der Waals surface area contributed by atoms with Gasteiger partial charge in [-0.2, -0.15) is 4.98 Å². The summed E-state index contributed by atoms with van der Waals surface area (Å²) in [7, 11) is 3.71. The van der Waals surface area contributed by atoms with Crippen molar-refractivity contribution in [2.45, 2.75) is 0 Å². The molecule has 12 nitrogen and oxygen atoms in total. The number of rotatable bonds is 8. The molecule has 0 bridgehead atoms. The molecule has 2 aliphatic heterocycles. The van der Waals surface area contributed by atoms with Gasteiger partial charge in [0.05, 0.1) is 18.5 Å². The molecule has 3 aromatic carbocycles. The maximum absolute atomic E-state index is 14.0. The van der Waals surface area contributed by atoms with Gasteiger partial charge in [0, 0.05) is 55.5 Å². The number of hydrogen-bond acceptors (Lipinski definition) is 9. The first kappa shape index (κ1) is 30.3. The Hall–Kier alpha value is -5.75. The highest BCUT2D eigenvalue weighted by Gasteiger charge is 2.35. The van der Waals surface area contributed by atoms with Crippen LogP contribution in [0.1, 0.15) is 10.4 Å². The molecule has 12 heteroatoms. The van der Waals surface area contributed by atoms with Gasteiger partial charge in [0.2, 0.25) is 11.9 Å². The molecule has 0 radical (unpaired) electrons. The third-order valence-electron chi connectivity index (χ3n) is 7.92. The minimum atomic E-state index is -0.422. The summed E-state index contributed by atoms with van der Waals surface area (Å²) in [6.07, 6.45) is 2.58. The molecular formula is C34H34N8O4. The largest absolute Gasteiger partial charge is 0.494 e. The van der Waals surface area contributed by atoms with Gasteiger partial charge in [-0.1, -0.05) is 30.8 Å². The Balaban J connectivity index is 1.39. The van der Waals surface area contributed by atoms with Gasteiger partial charge in [0.1, 0.15) is 17.9 Å². The Kier molecular flexibility index (Phi) is 8.61. The van der Waals surface area contributed by atoms with E-state index in [9.17, 15) is 14.4 Å². The van der Waals surface area contributed by atoms with Crippen LogP contribution in [0, 0.1) is 0 Å². The number of piperazine rings is 1. The number of carbonyl (C=O) groups excluding carboxylic acids is 3. The standard InChI is InChI=1S/C34H34N8O4/c1-4-30(43)36-23-9-8-12-26(19-23)42-31(44)22-41(24-10-6-5-7-11-24)33(45)27-21-35-34(38-32(27)42)37-28-14-13-25(20-29(28)46-3)40-17-15-39(2)16-18-40/h4-14,19-21H,1,15-18,22H2,2-3H3,(H,36,43)(H,35,37,38). The summed E-state index contributed by atoms with van der Waals surface area (Å²) in [4.78, 5) is 56.5. The molecule has 0 saturated carbocycles. The van der Waals surface area contributed by atoms with Crippen molar-refractivity contribution in [3.63, 3.8) is 0 Å². The van der Waals surface area contributed by atoms with Gasteiger partial charge in [-0.25, -0.2) is 4.98 Å². The number of carbonyl (C=O) groups is 3. The van der Waals surface area contributed by atoms with E-state index in [1.54, 1.807) is 55.6 Å². The maximum Gasteiger partial charge on any atom is 0.264 e. The van der Waals surface area contributed by atoms with Crippen molar-refractivity contribution in [2.75, 3.05) is 72.2 Å². The van der Waals surface area contributed by atoms with E-state index in [1.807, 2.05) is 24.3 Å². The van der Waals surface area contributed by atoms with Crippen LogP contribution in [0.5, 0.6) is 5.75 Å². The van der Waals surface area contributed by atoms with Crippen molar-refractivity contribution in [3.05, 3.63) is 97.2 Å². The summed E-state index contributed by atoms with van der Waals surface area (Å²) in [5.74, 6) is -0.354. The Morgan fingerprint density at radius 2 is 1.70 bits per heavy atom. The van der Waals surface area contributed by atoms with E-state index in [1.165, 1.54) is 16.0 Å². The summed E-state index contributed by atoms with van der Waals surface area (Å²) in [6.45, 7) is 7.04. The van der Waals surface area contributed by atoms with E-state index in [4.69, 9.17) is 9.72 Å². The first-order valence-corrected chi connectivity index (χ1v) is 14.8. The summed E-state index contributed by atoms with van der Waals surface area (Å²) in [5.41, 5.74) is 3.23. The molecule has 3 amide bonds. The van der Waals surface area contributed by atoms with Crippen LogP contribution >= 0.6 is 0 Å². The normalized spacial score (nSPS) is 15.2. The topological polar surface area (TPSA) is 123 Å². The Morgan fingerprint density at radius 3 is 2.43 bits per heavy atom. The highest BCUT2D eigenvalue weighted by atomic mass is 16.5. The van der Waals surface area contributed by atoms with Gasteiger partial charge in [-0.15, -0.1) is 0 Å². The van der Waals surface area contributed by atoms with E-state index < -0.39 is 17.7 Å². The summed E-state index contributed by atoms with van der Waals surface area (Å²) >= 11 is 0. The second kappa shape index (κ2) is 13.1. The molecule has 0 spiro atoms. The lowest BCUT2D eigenvalue weighted by atomic mass is 10.2. The van der Waals surface area contributed by atoms with E-state index >= 15 is 0 Å². The molecule has 1 saturated heterocycles. The number of fused-ring (bicyclic) bond motifs is 1. The number of hydrogen-bond donors (Lipinski definition) is 2. The predicted octanol–water partition coefficient (Wildman–Crippen LogP) is 4.43. The average molecular weight is 619 g/mol. The fourth-order valence-electron chi connectivity index (χ4n) is 5.46. The summed E-state index contributed by atoms with van der Waals surface area (Å²) < 4.78 is 5.72. The fraction of sp³-hybridized carbons (Fsp3) is 0.206. The monoisotopic (exact) mass is 618 g/mol. The van der Waals surface area contributed by atoms with Crippen molar-refractivity contribution in [1.82, 2.24) is 14.9 Å². The molecule has 2 N–H and O–H groups in total. The van der Waals surface area contributed by atoms with Crippen LogP contribution in [-0.2, 0) is 9.59 Å². The number of nitrogens with one attached hydrogen (secondary N) is 2. The second-order valence-corrected chi connectivity index (χ2v) is 10.9. The molecule has 6 rings (SSSR count). The number of benzene rings is 3. The molecule has 0 aliphatic carbocycles. The highest BCUT2D eigenvalue weighted by molar-refractivity contribution is 6.19. The molecule has 3 heterocycles. The zero-order valence-electron chi connectivity index (χ0n) is 25.6. The van der Waals surface area contributed by atoms with Gasteiger partial charge in [0.25, 0.3) is 11.8 Å². The third kappa shape index (κ3) is 6.24. The van der Waals surface area contributed by atoms with E-state index in [0.717, 1.165) is 37.9 Å². The molecule has 1 fully saturated rings. The van der Waals surface area contributed by atoms with Gasteiger partial charge < -0.3 is 25.2 Å². The highest BCUT2D eigenvalue weighted by Crippen LogP contribution is 2.36. The second-order valence-electron chi connectivity index (χ2n) is 10.9. The quantitative estimate of drug-likeness (QED) is 0.276. The lowest BCUT2D eigenvalue weighted by Gasteiger charge is -2.34. The molecule has 0 unspecified atom stereocenters. The fourth-order valence-corrected chi connectivity index (χ4v) is 5.46. The van der Waals surface area contributed by atoms with Crippen molar-refractivity contribution < 1.29 is 19.1 Å². The van der Waals surface area contributed by atoms with Crippen LogP contribution in [0.4, 0.5) is 40.2 Å². The number of ether oxygens (including phenoxy) is 1. The van der Waals surface area contributed by atoms with Crippen LogP contribution in [0.3, 0.4) is 0 Å². The van der Waals surface area contributed by atoms with Crippen LogP contribution < -0.4 is 30.1 Å². The van der Waals surface area contributed by atoms with Gasteiger partial charge in [0.15, 0.2) is 5.82 Å². The third-order valence-corrected chi connectivity index (χ3v) is 7.92. The average Bonchev–Trinajstić information content (AvgIpc) is 3.18.